The van der Waals surface area contributed by atoms with E-state index in [4.69, 9.17) is 4.74 Å². The summed E-state index contributed by atoms with van der Waals surface area (Å²) in [5.41, 5.74) is 0.0860. The molecule has 0 fully saturated rings. The molecule has 0 bridgehead atoms. The van der Waals surface area contributed by atoms with Gasteiger partial charge in [-0.05, 0) is 13.0 Å². The van der Waals surface area contributed by atoms with Gasteiger partial charge in [0, 0.05) is 6.07 Å². The molecule has 1 amide bonds. The number of rotatable bonds is 1. The minimum absolute atomic E-state index is 0.0469. The molecule has 1 atom stereocenters. The molecule has 1 heterocycles. The van der Waals surface area contributed by atoms with Crippen molar-refractivity contribution in [3.8, 4) is 5.75 Å². The van der Waals surface area contributed by atoms with Crippen LogP contribution >= 0.6 is 0 Å². The first kappa shape index (κ1) is 11.4. The van der Waals surface area contributed by atoms with Crippen molar-refractivity contribution in [3.63, 3.8) is 0 Å². The van der Waals surface area contributed by atoms with Gasteiger partial charge in [-0.25, -0.2) is 9.18 Å². The van der Waals surface area contributed by atoms with E-state index in [1.807, 2.05) is 0 Å². The number of esters is 1. The van der Waals surface area contributed by atoms with E-state index in [2.05, 4.69) is 10.1 Å². The molecule has 0 aliphatic carbocycles. The maximum absolute atomic E-state index is 13.3. The number of carbonyl (C=O) groups excluding carboxylic acids is 2. The SMILES string of the molecule is COC(=O)c1cc(F)cc2c1OC(C)C(=O)N2. The lowest BCUT2D eigenvalue weighted by molar-refractivity contribution is -0.122. The second-order valence-electron chi connectivity index (χ2n) is 3.57. The third kappa shape index (κ3) is 1.93. The molecule has 17 heavy (non-hydrogen) atoms. The van der Waals surface area contributed by atoms with Crippen molar-refractivity contribution in [1.29, 1.82) is 0 Å². The number of amides is 1. The van der Waals surface area contributed by atoms with Crippen molar-refractivity contribution >= 4 is 17.6 Å². The lowest BCUT2D eigenvalue weighted by Crippen LogP contribution is -2.35. The van der Waals surface area contributed by atoms with Crippen molar-refractivity contribution in [2.24, 2.45) is 0 Å². The predicted molar refractivity (Wildman–Crippen MR) is 56.5 cm³/mol. The summed E-state index contributed by atoms with van der Waals surface area (Å²) in [6, 6.07) is 2.10. The van der Waals surface area contributed by atoms with E-state index in [9.17, 15) is 14.0 Å². The van der Waals surface area contributed by atoms with E-state index < -0.39 is 17.9 Å². The molecular weight excluding hydrogens is 229 g/mol. The van der Waals surface area contributed by atoms with E-state index in [1.54, 1.807) is 0 Å². The largest absolute Gasteiger partial charge is 0.478 e. The maximum Gasteiger partial charge on any atom is 0.341 e. The number of halogens is 1. The zero-order valence-corrected chi connectivity index (χ0v) is 9.24. The Hall–Kier alpha value is -2.11. The molecular formula is C11H10FNO4. The number of fused-ring (bicyclic) bond motifs is 1. The van der Waals surface area contributed by atoms with Crippen LogP contribution in [0.4, 0.5) is 10.1 Å². The van der Waals surface area contributed by atoms with Crippen LogP contribution in [0, 0.1) is 5.82 Å². The summed E-state index contributed by atoms with van der Waals surface area (Å²) in [5, 5.41) is 2.46. The topological polar surface area (TPSA) is 64.6 Å². The molecule has 90 valence electrons. The van der Waals surface area contributed by atoms with Gasteiger partial charge in [0.15, 0.2) is 11.9 Å². The first-order valence-corrected chi connectivity index (χ1v) is 4.92. The lowest BCUT2D eigenvalue weighted by atomic mass is 10.1. The third-order valence-electron chi connectivity index (χ3n) is 2.38. The van der Waals surface area contributed by atoms with Crippen LogP contribution in [0.5, 0.6) is 5.75 Å². The quantitative estimate of drug-likeness (QED) is 0.751. The molecule has 0 saturated carbocycles. The first-order valence-electron chi connectivity index (χ1n) is 4.92. The fourth-order valence-corrected chi connectivity index (χ4v) is 1.54. The van der Waals surface area contributed by atoms with E-state index in [1.165, 1.54) is 14.0 Å². The van der Waals surface area contributed by atoms with E-state index in [0.717, 1.165) is 12.1 Å². The summed E-state index contributed by atoms with van der Waals surface area (Å²) in [4.78, 5) is 22.8. The highest BCUT2D eigenvalue weighted by molar-refractivity contribution is 6.02. The Bertz CT molecular complexity index is 500. The van der Waals surface area contributed by atoms with Gasteiger partial charge in [-0.15, -0.1) is 0 Å². The van der Waals surface area contributed by atoms with Crippen molar-refractivity contribution in [2.75, 3.05) is 12.4 Å². The molecule has 0 spiro atoms. The minimum Gasteiger partial charge on any atom is -0.478 e. The number of hydrogen-bond acceptors (Lipinski definition) is 4. The standard InChI is InChI=1S/C11H10FNO4/c1-5-10(14)13-8-4-6(12)3-7(9(8)17-5)11(15)16-2/h3-5H,1-2H3,(H,13,14). The van der Waals surface area contributed by atoms with Crippen LogP contribution in [0.3, 0.4) is 0 Å². The predicted octanol–water partition coefficient (Wildman–Crippen LogP) is 1.33. The van der Waals surface area contributed by atoms with E-state index in [0.29, 0.717) is 0 Å². The van der Waals surface area contributed by atoms with Gasteiger partial charge in [-0.2, -0.15) is 0 Å². The Morgan fingerprint density at radius 3 is 2.88 bits per heavy atom. The average molecular weight is 239 g/mol. The fourth-order valence-electron chi connectivity index (χ4n) is 1.54. The van der Waals surface area contributed by atoms with Crippen molar-refractivity contribution < 1.29 is 23.5 Å². The molecule has 1 aromatic carbocycles. The van der Waals surface area contributed by atoms with Gasteiger partial charge < -0.3 is 14.8 Å². The van der Waals surface area contributed by atoms with Crippen LogP contribution < -0.4 is 10.1 Å². The Labute approximate surface area is 96.5 Å². The Morgan fingerprint density at radius 2 is 2.24 bits per heavy atom. The van der Waals surface area contributed by atoms with Gasteiger partial charge in [0.1, 0.15) is 11.4 Å². The highest BCUT2D eigenvalue weighted by Crippen LogP contribution is 2.34. The summed E-state index contributed by atoms with van der Waals surface area (Å²) in [6.07, 6.45) is -0.739. The molecule has 1 unspecified atom stereocenters. The highest BCUT2D eigenvalue weighted by Gasteiger charge is 2.29. The molecule has 5 nitrogen and oxygen atoms in total. The summed E-state index contributed by atoms with van der Waals surface area (Å²) in [5.74, 6) is -1.63. The molecule has 1 N–H and O–H groups in total. The maximum atomic E-state index is 13.3. The van der Waals surface area contributed by atoms with Crippen LogP contribution in [-0.4, -0.2) is 25.1 Å². The molecule has 1 aromatic rings. The van der Waals surface area contributed by atoms with Crippen LogP contribution in [-0.2, 0) is 9.53 Å². The van der Waals surface area contributed by atoms with Gasteiger partial charge in [-0.3, -0.25) is 4.79 Å². The number of methoxy groups -OCH3 is 1. The Balaban J connectivity index is 2.55. The van der Waals surface area contributed by atoms with Crippen LogP contribution in [0.1, 0.15) is 17.3 Å². The molecule has 0 saturated heterocycles. The van der Waals surface area contributed by atoms with E-state index >= 15 is 0 Å². The first-order chi connectivity index (χ1) is 8.02. The number of nitrogens with one attached hydrogen (secondary N) is 1. The zero-order valence-electron chi connectivity index (χ0n) is 9.24. The normalized spacial score (nSPS) is 17.8. The second kappa shape index (κ2) is 4.04. The minimum atomic E-state index is -0.739. The molecule has 1 aliphatic heterocycles. The second-order valence-corrected chi connectivity index (χ2v) is 3.57. The van der Waals surface area contributed by atoms with Gasteiger partial charge in [0.2, 0.25) is 0 Å². The molecule has 2 rings (SSSR count). The number of carbonyl (C=O) groups is 2. The van der Waals surface area contributed by atoms with Gasteiger partial charge in [0.05, 0.1) is 12.8 Å². The molecule has 1 aliphatic rings. The van der Waals surface area contributed by atoms with Crippen molar-refractivity contribution in [2.45, 2.75) is 13.0 Å². The fraction of sp³-hybridized carbons (Fsp3) is 0.273. The summed E-state index contributed by atoms with van der Waals surface area (Å²) < 4.78 is 23.1. The van der Waals surface area contributed by atoms with E-state index in [-0.39, 0.29) is 22.9 Å². The molecule has 6 heteroatoms. The Kier molecular flexibility index (Phi) is 2.71. The van der Waals surface area contributed by atoms with Gasteiger partial charge >= 0.3 is 5.97 Å². The average Bonchev–Trinajstić information content (AvgIpc) is 2.29. The smallest absolute Gasteiger partial charge is 0.341 e. The van der Waals surface area contributed by atoms with Crippen LogP contribution in [0.15, 0.2) is 12.1 Å². The number of benzene rings is 1. The summed E-state index contributed by atoms with van der Waals surface area (Å²) in [7, 11) is 1.18. The van der Waals surface area contributed by atoms with Gasteiger partial charge in [0.25, 0.3) is 5.91 Å². The number of hydrogen-bond donors (Lipinski definition) is 1. The van der Waals surface area contributed by atoms with Crippen LogP contribution in [0.2, 0.25) is 0 Å². The Morgan fingerprint density at radius 1 is 1.53 bits per heavy atom. The zero-order chi connectivity index (χ0) is 12.6. The molecule has 0 aromatic heterocycles. The van der Waals surface area contributed by atoms with Gasteiger partial charge in [-0.1, -0.05) is 0 Å². The third-order valence-corrected chi connectivity index (χ3v) is 2.38. The van der Waals surface area contributed by atoms with Crippen molar-refractivity contribution in [3.05, 3.63) is 23.5 Å². The lowest BCUT2D eigenvalue weighted by Gasteiger charge is -2.24. The number of anilines is 1. The number of ether oxygens (including phenoxy) is 2. The van der Waals surface area contributed by atoms with Crippen molar-refractivity contribution in [1.82, 2.24) is 0 Å². The summed E-state index contributed by atoms with van der Waals surface area (Å²) >= 11 is 0. The summed E-state index contributed by atoms with van der Waals surface area (Å²) in [6.45, 7) is 1.53. The highest BCUT2D eigenvalue weighted by atomic mass is 19.1. The monoisotopic (exact) mass is 239 g/mol. The molecule has 0 radical (unpaired) electrons. The van der Waals surface area contributed by atoms with Crippen LogP contribution in [0.25, 0.3) is 0 Å².